The molecular formula is C46H46N2. The topological polar surface area (TPSA) is 9.86 Å². The fourth-order valence-electron chi connectivity index (χ4n) is 8.14. The van der Waals surface area contributed by atoms with Gasteiger partial charge in [0.25, 0.3) is 0 Å². The van der Waals surface area contributed by atoms with Gasteiger partial charge in [-0.2, -0.15) is 0 Å². The van der Waals surface area contributed by atoms with Gasteiger partial charge in [0.05, 0.1) is 16.6 Å². The molecule has 240 valence electrons. The Morgan fingerprint density at radius 2 is 1.17 bits per heavy atom. The first-order valence-corrected chi connectivity index (χ1v) is 17.6. The van der Waals surface area contributed by atoms with Crippen molar-refractivity contribution in [2.24, 2.45) is 16.7 Å². The van der Waals surface area contributed by atoms with Crippen LogP contribution in [0.3, 0.4) is 0 Å². The summed E-state index contributed by atoms with van der Waals surface area (Å²) >= 11 is 0. The minimum atomic E-state index is 0.226. The maximum Gasteiger partial charge on any atom is 0.0541 e. The summed E-state index contributed by atoms with van der Waals surface area (Å²) in [5, 5.41) is 3.93. The molecule has 1 aliphatic rings. The van der Waals surface area contributed by atoms with Crippen LogP contribution in [0.2, 0.25) is 0 Å². The third-order valence-electron chi connectivity index (χ3n) is 9.90. The van der Waals surface area contributed by atoms with Gasteiger partial charge in [-0.15, -0.1) is 0 Å². The number of allylic oxidation sites excluding steroid dienone is 1. The van der Waals surface area contributed by atoms with Crippen LogP contribution in [0.4, 0.5) is 0 Å². The summed E-state index contributed by atoms with van der Waals surface area (Å²) in [5.41, 5.74) is 13.4. The molecular weight excluding hydrogens is 581 g/mol. The van der Waals surface area contributed by atoms with Gasteiger partial charge < -0.3 is 9.13 Å². The maximum absolute atomic E-state index is 2.58. The molecule has 2 nitrogen and oxygen atoms in total. The molecule has 0 radical (unpaired) electrons. The van der Waals surface area contributed by atoms with Crippen molar-refractivity contribution in [3.63, 3.8) is 0 Å². The van der Waals surface area contributed by atoms with Crippen molar-refractivity contribution >= 4 is 38.8 Å². The molecule has 7 aromatic rings. The number of nitrogens with zero attached hydrogens (tertiary/aromatic N) is 2. The first-order chi connectivity index (χ1) is 23.0. The predicted molar refractivity (Wildman–Crippen MR) is 207 cm³/mol. The zero-order valence-corrected chi connectivity index (χ0v) is 29.2. The van der Waals surface area contributed by atoms with E-state index in [9.17, 15) is 0 Å². The summed E-state index contributed by atoms with van der Waals surface area (Å²) in [6, 6.07) is 42.9. The van der Waals surface area contributed by atoms with Gasteiger partial charge in [-0.25, -0.2) is 0 Å². The molecule has 0 amide bonds. The van der Waals surface area contributed by atoms with Crippen molar-refractivity contribution in [1.82, 2.24) is 9.13 Å². The van der Waals surface area contributed by atoms with Crippen LogP contribution in [0.25, 0.3) is 61.3 Å². The molecule has 5 aromatic carbocycles. The molecule has 0 bridgehead atoms. The first-order valence-electron chi connectivity index (χ1n) is 17.6. The molecule has 2 heteroatoms. The molecule has 1 unspecified atom stereocenters. The quantitative estimate of drug-likeness (QED) is 0.180. The third kappa shape index (κ3) is 5.58. The number of hydrogen-bond donors (Lipinski definition) is 0. The summed E-state index contributed by atoms with van der Waals surface area (Å²) in [4.78, 5) is 0. The average molecular weight is 627 g/mol. The smallest absolute Gasteiger partial charge is 0.0541 e. The van der Waals surface area contributed by atoms with E-state index in [4.69, 9.17) is 0 Å². The Bertz CT molecular complexity index is 2290. The fraction of sp³-hybridized carbons (Fsp3) is 0.261. The first kappa shape index (κ1) is 30.5. The molecule has 1 aliphatic carbocycles. The molecule has 1 atom stereocenters. The van der Waals surface area contributed by atoms with Crippen LogP contribution in [0, 0.1) is 16.7 Å². The van der Waals surface area contributed by atoms with E-state index in [0.29, 0.717) is 5.92 Å². The van der Waals surface area contributed by atoms with E-state index in [1.165, 1.54) is 78.5 Å². The van der Waals surface area contributed by atoms with Crippen molar-refractivity contribution in [3.05, 3.63) is 138 Å². The lowest BCUT2D eigenvalue weighted by Gasteiger charge is -2.27. The number of fused-ring (bicyclic) bond motifs is 6. The van der Waals surface area contributed by atoms with E-state index < -0.39 is 0 Å². The van der Waals surface area contributed by atoms with Gasteiger partial charge in [0.2, 0.25) is 0 Å². The van der Waals surface area contributed by atoms with Gasteiger partial charge in [-0.3, -0.25) is 0 Å². The molecule has 0 saturated heterocycles. The summed E-state index contributed by atoms with van der Waals surface area (Å²) in [6.07, 6.45) is 8.17. The van der Waals surface area contributed by atoms with Gasteiger partial charge in [0.1, 0.15) is 0 Å². The lowest BCUT2D eigenvalue weighted by Crippen LogP contribution is -2.17. The Hall–Kier alpha value is -4.82. The van der Waals surface area contributed by atoms with Crippen molar-refractivity contribution in [3.8, 4) is 22.5 Å². The zero-order valence-electron chi connectivity index (χ0n) is 29.2. The number of para-hydroxylation sites is 2. The highest BCUT2D eigenvalue weighted by atomic mass is 15.0. The summed E-state index contributed by atoms with van der Waals surface area (Å²) in [7, 11) is 0. The van der Waals surface area contributed by atoms with Crippen molar-refractivity contribution in [1.29, 1.82) is 0 Å². The van der Waals surface area contributed by atoms with Crippen LogP contribution in [0.1, 0.15) is 64.8 Å². The number of hydrogen-bond acceptors (Lipinski definition) is 0. The van der Waals surface area contributed by atoms with Gasteiger partial charge in [0.15, 0.2) is 0 Å². The normalized spacial score (nSPS) is 15.1. The molecule has 8 rings (SSSR count). The van der Waals surface area contributed by atoms with Crippen LogP contribution in [-0.4, -0.2) is 9.13 Å². The second-order valence-electron chi connectivity index (χ2n) is 16.3. The Labute approximate surface area is 285 Å². The van der Waals surface area contributed by atoms with Gasteiger partial charge >= 0.3 is 0 Å². The molecule has 0 spiro atoms. The van der Waals surface area contributed by atoms with E-state index in [0.717, 1.165) is 12.8 Å². The van der Waals surface area contributed by atoms with E-state index in [1.54, 1.807) is 0 Å². The fourth-order valence-corrected chi connectivity index (χ4v) is 8.14. The lowest BCUT2D eigenvalue weighted by atomic mass is 9.80. The third-order valence-corrected chi connectivity index (χ3v) is 9.90. The molecule has 0 aliphatic heterocycles. The highest BCUT2D eigenvalue weighted by molar-refractivity contribution is 6.09. The molecule has 0 N–H and O–H groups in total. The van der Waals surface area contributed by atoms with E-state index in [1.807, 2.05) is 0 Å². The van der Waals surface area contributed by atoms with E-state index >= 15 is 0 Å². The SMILES string of the molecule is CC(C)(C)Cc1ccc2c3c(n(-c4cccc(-c5cccc(-n6c7ccccc7c7ccccc76)c5)c4)c2c1)CC(CC(C)(C)C)C=C3. The van der Waals surface area contributed by atoms with Crippen molar-refractivity contribution in [2.75, 3.05) is 0 Å². The Kier molecular flexibility index (Phi) is 7.25. The maximum atomic E-state index is 2.58. The second-order valence-corrected chi connectivity index (χ2v) is 16.3. The van der Waals surface area contributed by atoms with E-state index in [-0.39, 0.29) is 10.8 Å². The largest absolute Gasteiger partial charge is 0.313 e. The number of rotatable bonds is 5. The highest BCUT2D eigenvalue weighted by Gasteiger charge is 2.26. The molecule has 48 heavy (non-hydrogen) atoms. The lowest BCUT2D eigenvalue weighted by molar-refractivity contribution is 0.322. The van der Waals surface area contributed by atoms with Crippen molar-refractivity contribution in [2.45, 2.75) is 60.8 Å². The zero-order chi connectivity index (χ0) is 33.2. The standard InChI is InChI=1S/C46H46N2/c1-45(2,3)29-31-21-23-39-40-24-22-32(30-46(4,5)6)26-44(40)48(43(39)25-31)36-16-12-14-34(28-36)33-13-11-15-35(27-33)47-41-19-9-7-17-37(41)38-18-8-10-20-42(38)47/h7-25,27-28,32H,26,29-30H2,1-6H3. The molecule has 0 saturated carbocycles. The minimum absolute atomic E-state index is 0.226. The highest BCUT2D eigenvalue weighted by Crippen LogP contribution is 2.40. The Morgan fingerprint density at radius 1 is 0.562 bits per heavy atom. The summed E-state index contributed by atoms with van der Waals surface area (Å²) in [6.45, 7) is 14.1. The summed E-state index contributed by atoms with van der Waals surface area (Å²) in [5.74, 6) is 0.528. The molecule has 2 heterocycles. The second kappa shape index (κ2) is 11.4. The Balaban J connectivity index is 1.27. The number of benzene rings is 5. The van der Waals surface area contributed by atoms with Crippen LogP contribution >= 0.6 is 0 Å². The molecule has 0 fully saturated rings. The summed E-state index contributed by atoms with van der Waals surface area (Å²) < 4.78 is 4.99. The predicted octanol–water partition coefficient (Wildman–Crippen LogP) is 12.6. The Morgan fingerprint density at radius 3 is 1.77 bits per heavy atom. The van der Waals surface area contributed by atoms with Gasteiger partial charge in [-0.1, -0.05) is 126 Å². The van der Waals surface area contributed by atoms with Crippen LogP contribution < -0.4 is 0 Å². The van der Waals surface area contributed by atoms with Gasteiger partial charge in [0, 0.05) is 38.8 Å². The number of aromatic nitrogens is 2. The van der Waals surface area contributed by atoms with Crippen molar-refractivity contribution < 1.29 is 0 Å². The monoisotopic (exact) mass is 626 g/mol. The van der Waals surface area contributed by atoms with Gasteiger partial charge in [-0.05, 0) is 95.2 Å². The van der Waals surface area contributed by atoms with Crippen LogP contribution in [0.15, 0.2) is 121 Å². The van der Waals surface area contributed by atoms with E-state index in [2.05, 4.69) is 178 Å². The van der Waals surface area contributed by atoms with Crippen LogP contribution in [-0.2, 0) is 12.8 Å². The molecule has 2 aromatic heterocycles. The van der Waals surface area contributed by atoms with Crippen LogP contribution in [0.5, 0.6) is 0 Å². The average Bonchev–Trinajstić information content (AvgIpc) is 3.55. The minimum Gasteiger partial charge on any atom is -0.313 e.